The quantitative estimate of drug-likeness (QED) is 0.0991. The number of nitrogens with zero attached hydrogens (tertiary/aromatic N) is 4. The largest absolute Gasteiger partial charge is 0.529 e. The Balaban J connectivity index is 1.28. The summed E-state index contributed by atoms with van der Waals surface area (Å²) in [5, 5.41) is 20.9. The van der Waals surface area contributed by atoms with E-state index >= 15 is 0 Å². The van der Waals surface area contributed by atoms with Crippen LogP contribution in [0.3, 0.4) is 0 Å². The number of carbonyl (C=O) groups excluding carboxylic acids is 1. The van der Waals surface area contributed by atoms with Gasteiger partial charge in [-0.2, -0.15) is 0 Å². The van der Waals surface area contributed by atoms with Crippen molar-refractivity contribution in [2.75, 3.05) is 12.3 Å². The average Bonchev–Trinajstić information content (AvgIpc) is 3.51. The number of imidazole rings is 1. The summed E-state index contributed by atoms with van der Waals surface area (Å²) >= 11 is 0. The van der Waals surface area contributed by atoms with Gasteiger partial charge in [0.1, 0.15) is 30.2 Å². The third-order valence-corrected chi connectivity index (χ3v) is 7.86. The molecule has 0 aromatic carbocycles. The number of allylic oxidation sites excluding steroid dienone is 4. The molecule has 1 saturated heterocycles. The predicted molar refractivity (Wildman–Crippen MR) is 157 cm³/mol. The predicted octanol–water partition coefficient (Wildman–Crippen LogP) is 4.50. The Morgan fingerprint density at radius 1 is 1.02 bits per heavy atom. The number of nitrogen functional groups attached to an aromatic ring is 1. The number of unbranched alkanes of at least 4 members (excludes halogenated alkanes) is 8. The molecular formula is C28H44N5O8P. The average molecular weight is 610 g/mol. The minimum Gasteiger partial charge on any atom is -0.387 e. The molecule has 234 valence electrons. The fourth-order valence-corrected chi connectivity index (χ4v) is 5.34. The summed E-state index contributed by atoms with van der Waals surface area (Å²) in [7, 11) is -4.75. The number of aromatic nitrogens is 4. The molecule has 42 heavy (non-hydrogen) atoms. The fraction of sp³-hybridized carbons (Fsp3) is 0.643. The van der Waals surface area contributed by atoms with Crippen molar-refractivity contribution in [1.82, 2.24) is 19.5 Å². The number of carbonyl (C=O) groups is 1. The van der Waals surface area contributed by atoms with Crippen molar-refractivity contribution in [3.05, 3.63) is 37.0 Å². The highest BCUT2D eigenvalue weighted by atomic mass is 31.2. The van der Waals surface area contributed by atoms with Gasteiger partial charge in [0.25, 0.3) is 0 Å². The van der Waals surface area contributed by atoms with E-state index in [2.05, 4.69) is 50.7 Å². The Labute approximate surface area is 246 Å². The second-order valence-electron chi connectivity index (χ2n) is 10.3. The van der Waals surface area contributed by atoms with E-state index in [1.807, 2.05) is 0 Å². The minimum absolute atomic E-state index is 0.0135. The third-order valence-electron chi connectivity index (χ3n) is 6.95. The Morgan fingerprint density at radius 3 is 2.45 bits per heavy atom. The van der Waals surface area contributed by atoms with Crippen molar-refractivity contribution < 1.29 is 38.3 Å². The van der Waals surface area contributed by atoms with E-state index in [1.54, 1.807) is 0 Å². The first kappa shape index (κ1) is 33.8. The van der Waals surface area contributed by atoms with E-state index < -0.39 is 44.9 Å². The minimum atomic E-state index is -4.75. The van der Waals surface area contributed by atoms with Crippen LogP contribution in [0, 0.1) is 0 Å². The number of aliphatic hydroxyl groups excluding tert-OH is 2. The number of hydrogen-bond donors (Lipinski definition) is 4. The molecule has 1 unspecified atom stereocenters. The molecule has 0 radical (unpaired) electrons. The first-order valence-electron chi connectivity index (χ1n) is 14.7. The van der Waals surface area contributed by atoms with Gasteiger partial charge >= 0.3 is 13.8 Å². The maximum atomic E-state index is 12.3. The van der Waals surface area contributed by atoms with Crippen molar-refractivity contribution in [1.29, 1.82) is 0 Å². The molecule has 5 N–H and O–H groups in total. The van der Waals surface area contributed by atoms with Crippen LogP contribution in [-0.4, -0.2) is 65.5 Å². The SMILES string of the molecule is CCCCC/C=C\C/C=C\CCCCCCCC(=O)OP(=O)(O)OC[C@H]1O[C@@H](n2cnc3c(N)ncnc32)[C@H](O)[C@@H]1O. The summed E-state index contributed by atoms with van der Waals surface area (Å²) in [6.07, 6.45) is 17.5. The van der Waals surface area contributed by atoms with Gasteiger partial charge in [0, 0.05) is 6.42 Å². The number of phosphoric ester groups is 1. The number of hydrogen-bond acceptors (Lipinski definition) is 11. The third kappa shape index (κ3) is 10.6. The van der Waals surface area contributed by atoms with Crippen LogP contribution in [0.5, 0.6) is 0 Å². The molecular weight excluding hydrogens is 565 g/mol. The highest BCUT2D eigenvalue weighted by Gasteiger charge is 2.45. The Hall–Kier alpha value is -2.67. The molecule has 0 aliphatic carbocycles. The lowest BCUT2D eigenvalue weighted by Gasteiger charge is -2.17. The second kappa shape index (κ2) is 17.4. The number of fused-ring (bicyclic) bond motifs is 1. The van der Waals surface area contributed by atoms with Gasteiger partial charge in [0.15, 0.2) is 17.7 Å². The van der Waals surface area contributed by atoms with Gasteiger partial charge in [0.2, 0.25) is 0 Å². The molecule has 0 saturated carbocycles. The lowest BCUT2D eigenvalue weighted by Crippen LogP contribution is -2.33. The highest BCUT2D eigenvalue weighted by Crippen LogP contribution is 2.45. The van der Waals surface area contributed by atoms with Gasteiger partial charge in [0.05, 0.1) is 12.9 Å². The lowest BCUT2D eigenvalue weighted by atomic mass is 10.1. The maximum absolute atomic E-state index is 12.3. The molecule has 1 aliphatic heterocycles. The number of aliphatic hydroxyl groups is 2. The molecule has 5 atom stereocenters. The van der Waals surface area contributed by atoms with Crippen molar-refractivity contribution in [3.63, 3.8) is 0 Å². The van der Waals surface area contributed by atoms with E-state index in [4.69, 9.17) is 15.0 Å². The van der Waals surface area contributed by atoms with Crippen molar-refractivity contribution in [2.45, 2.75) is 109 Å². The number of ether oxygens (including phenoxy) is 1. The molecule has 1 aliphatic rings. The summed E-state index contributed by atoms with van der Waals surface area (Å²) in [6.45, 7) is 1.60. The zero-order valence-corrected chi connectivity index (χ0v) is 25.1. The van der Waals surface area contributed by atoms with Crippen LogP contribution in [0.25, 0.3) is 11.2 Å². The molecule has 2 aromatic rings. The highest BCUT2D eigenvalue weighted by molar-refractivity contribution is 7.48. The van der Waals surface area contributed by atoms with Crippen LogP contribution in [-0.2, 0) is 23.1 Å². The normalized spacial score (nSPS) is 22.4. The van der Waals surface area contributed by atoms with E-state index in [0.29, 0.717) is 11.9 Å². The van der Waals surface area contributed by atoms with E-state index in [1.165, 1.54) is 36.5 Å². The first-order chi connectivity index (χ1) is 20.2. The van der Waals surface area contributed by atoms with Gasteiger partial charge in [-0.3, -0.25) is 18.8 Å². The number of anilines is 1. The second-order valence-corrected chi connectivity index (χ2v) is 11.7. The Bertz CT molecular complexity index is 1220. The van der Waals surface area contributed by atoms with Gasteiger partial charge in [-0.05, 0) is 38.5 Å². The summed E-state index contributed by atoms with van der Waals surface area (Å²) in [4.78, 5) is 34.1. The molecule has 3 rings (SSSR count). The number of rotatable bonds is 19. The first-order valence-corrected chi connectivity index (χ1v) is 16.2. The van der Waals surface area contributed by atoms with Crippen LogP contribution in [0.4, 0.5) is 5.82 Å². The van der Waals surface area contributed by atoms with E-state index in [9.17, 15) is 24.5 Å². The maximum Gasteiger partial charge on any atom is 0.529 e. The molecule has 0 spiro atoms. The number of phosphoric acid groups is 1. The summed E-state index contributed by atoms with van der Waals surface area (Å²) in [6, 6.07) is 0. The zero-order chi connectivity index (χ0) is 30.4. The van der Waals surface area contributed by atoms with Crippen LogP contribution >= 0.6 is 7.82 Å². The Morgan fingerprint density at radius 2 is 1.71 bits per heavy atom. The fourth-order valence-electron chi connectivity index (χ4n) is 4.60. The summed E-state index contributed by atoms with van der Waals surface area (Å²) in [5.41, 5.74) is 6.35. The van der Waals surface area contributed by atoms with Crippen molar-refractivity contribution in [3.8, 4) is 0 Å². The molecule has 1 fully saturated rings. The smallest absolute Gasteiger partial charge is 0.387 e. The monoisotopic (exact) mass is 609 g/mol. The van der Waals surface area contributed by atoms with Crippen LogP contribution < -0.4 is 5.73 Å². The molecule has 14 heteroatoms. The standard InChI is InChI=1S/C28H44N5O8P/c1-2-3-4-5-6-7-8-9-10-11-12-13-14-15-16-17-22(34)41-42(37,38)39-18-21-24(35)25(36)28(40-21)33-20-32-23-26(29)30-19-31-27(23)33/h6-7,9-10,19-21,24-25,28,35-36H,2-5,8,11-18H2,1H3,(H,37,38)(H2,29,30,31)/b7-6-,10-9-/t21-,24-,25-,28-/m1/s1. The molecule has 3 heterocycles. The number of nitrogens with two attached hydrogens (primary N) is 1. The van der Waals surface area contributed by atoms with Gasteiger partial charge < -0.3 is 25.2 Å². The van der Waals surface area contributed by atoms with Gasteiger partial charge in [-0.1, -0.05) is 63.3 Å². The van der Waals surface area contributed by atoms with Crippen LogP contribution in [0.2, 0.25) is 0 Å². The topological polar surface area (TPSA) is 192 Å². The van der Waals surface area contributed by atoms with Crippen molar-refractivity contribution >= 4 is 30.8 Å². The summed E-state index contributed by atoms with van der Waals surface area (Å²) in [5.74, 6) is -0.714. The Kier molecular flexibility index (Phi) is 14.1. The molecule has 0 amide bonds. The molecule has 13 nitrogen and oxygen atoms in total. The van der Waals surface area contributed by atoms with Crippen LogP contribution in [0.1, 0.15) is 90.2 Å². The summed E-state index contributed by atoms with van der Waals surface area (Å²) < 4.78 is 28.8. The van der Waals surface area contributed by atoms with Gasteiger partial charge in [-0.25, -0.2) is 19.5 Å². The molecule has 0 bridgehead atoms. The van der Waals surface area contributed by atoms with E-state index in [0.717, 1.165) is 44.9 Å². The van der Waals surface area contributed by atoms with Crippen LogP contribution in [0.15, 0.2) is 37.0 Å². The van der Waals surface area contributed by atoms with E-state index in [-0.39, 0.29) is 17.9 Å². The molecule has 2 aromatic heterocycles. The zero-order valence-electron chi connectivity index (χ0n) is 24.2. The van der Waals surface area contributed by atoms with Crippen molar-refractivity contribution in [2.24, 2.45) is 0 Å². The lowest BCUT2D eigenvalue weighted by molar-refractivity contribution is -0.136. The van der Waals surface area contributed by atoms with Gasteiger partial charge in [-0.15, -0.1) is 0 Å².